The zero-order valence-electron chi connectivity index (χ0n) is 14.2. The van der Waals surface area contributed by atoms with Gasteiger partial charge in [0.2, 0.25) is 0 Å². The van der Waals surface area contributed by atoms with Gasteiger partial charge >= 0.3 is 6.03 Å². The molecule has 1 aliphatic rings. The van der Waals surface area contributed by atoms with Gasteiger partial charge in [-0.1, -0.05) is 5.92 Å². The van der Waals surface area contributed by atoms with Gasteiger partial charge in [-0.3, -0.25) is 15.0 Å². The zero-order valence-corrected chi connectivity index (χ0v) is 14.2. The fourth-order valence-corrected chi connectivity index (χ4v) is 2.15. The Bertz CT molecular complexity index is 772. The molecule has 130 valence electrons. The number of carbonyl (C=O) groups excluding carboxylic acids is 1. The average molecular weight is 339 g/mol. The maximum atomic E-state index is 11.9. The van der Waals surface area contributed by atoms with E-state index in [9.17, 15) is 4.79 Å². The first kappa shape index (κ1) is 17.0. The van der Waals surface area contributed by atoms with E-state index in [1.54, 1.807) is 30.2 Å². The second kappa shape index (κ2) is 8.31. The molecular formula is C18H21N5O2. The normalized spacial score (nSPS) is 13.0. The molecule has 2 N–H and O–H groups in total. The number of hydrogen-bond donors (Lipinski definition) is 2. The smallest absolute Gasteiger partial charge is 0.320 e. The summed E-state index contributed by atoms with van der Waals surface area (Å²) in [6.45, 7) is 1.79. The molecule has 0 bridgehead atoms. The topological polar surface area (TPSA) is 81.1 Å². The number of aryl methyl sites for hydroxylation is 1. The van der Waals surface area contributed by atoms with Crippen molar-refractivity contribution in [3.8, 4) is 11.8 Å². The first-order chi connectivity index (χ1) is 12.2. The Morgan fingerprint density at radius 3 is 3.08 bits per heavy atom. The van der Waals surface area contributed by atoms with Gasteiger partial charge in [0.25, 0.3) is 0 Å². The highest BCUT2D eigenvalue weighted by Gasteiger charge is 2.20. The summed E-state index contributed by atoms with van der Waals surface area (Å²) in [5, 5.41) is 9.67. The van der Waals surface area contributed by atoms with Crippen LogP contribution in [0, 0.1) is 17.8 Å². The molecule has 0 spiro atoms. The van der Waals surface area contributed by atoms with E-state index in [1.165, 1.54) is 12.8 Å². The summed E-state index contributed by atoms with van der Waals surface area (Å²) in [6.07, 6.45) is 5.92. The van der Waals surface area contributed by atoms with Gasteiger partial charge in [0.15, 0.2) is 5.82 Å². The van der Waals surface area contributed by atoms with E-state index in [4.69, 9.17) is 4.74 Å². The number of anilines is 1. The van der Waals surface area contributed by atoms with Gasteiger partial charge in [0.05, 0.1) is 6.61 Å². The third kappa shape index (κ3) is 5.62. The van der Waals surface area contributed by atoms with Gasteiger partial charge in [-0.2, -0.15) is 5.10 Å². The number of carbonyl (C=O) groups is 1. The van der Waals surface area contributed by atoms with Crippen LogP contribution in [-0.2, 0) is 11.8 Å². The predicted molar refractivity (Wildman–Crippen MR) is 94.0 cm³/mol. The molecule has 1 aliphatic carbocycles. The van der Waals surface area contributed by atoms with Crippen LogP contribution in [0.5, 0.6) is 0 Å². The lowest BCUT2D eigenvalue weighted by molar-refractivity contribution is 0.127. The fourth-order valence-electron chi connectivity index (χ4n) is 2.15. The first-order valence-corrected chi connectivity index (χ1v) is 8.29. The monoisotopic (exact) mass is 339 g/mol. The van der Waals surface area contributed by atoms with Gasteiger partial charge in [0, 0.05) is 44.2 Å². The van der Waals surface area contributed by atoms with Crippen LogP contribution in [0.3, 0.4) is 0 Å². The van der Waals surface area contributed by atoms with Gasteiger partial charge in [-0.25, -0.2) is 4.79 Å². The third-order valence-electron chi connectivity index (χ3n) is 3.70. The molecule has 2 aromatic heterocycles. The molecule has 2 aromatic rings. The van der Waals surface area contributed by atoms with Crippen LogP contribution < -0.4 is 10.6 Å². The van der Waals surface area contributed by atoms with Crippen molar-refractivity contribution in [2.45, 2.75) is 12.8 Å². The van der Waals surface area contributed by atoms with E-state index in [2.05, 4.69) is 32.6 Å². The summed E-state index contributed by atoms with van der Waals surface area (Å²) in [7, 11) is 1.78. The largest absolute Gasteiger partial charge is 0.379 e. The van der Waals surface area contributed by atoms with E-state index >= 15 is 0 Å². The molecule has 0 aliphatic heterocycles. The van der Waals surface area contributed by atoms with E-state index in [0.29, 0.717) is 24.7 Å². The van der Waals surface area contributed by atoms with Crippen LogP contribution in [-0.4, -0.2) is 40.6 Å². The number of aromatic nitrogens is 3. The lowest BCUT2D eigenvalue weighted by atomic mass is 10.3. The number of amides is 2. The van der Waals surface area contributed by atoms with Gasteiger partial charge in [0.1, 0.15) is 5.69 Å². The van der Waals surface area contributed by atoms with Gasteiger partial charge in [-0.15, -0.1) is 0 Å². The molecule has 0 saturated heterocycles. The maximum Gasteiger partial charge on any atom is 0.320 e. The van der Waals surface area contributed by atoms with Crippen LogP contribution in [0.4, 0.5) is 10.6 Å². The number of nitrogens with zero attached hydrogens (tertiary/aromatic N) is 3. The van der Waals surface area contributed by atoms with Crippen LogP contribution in [0.25, 0.3) is 0 Å². The molecule has 7 nitrogen and oxygen atoms in total. The van der Waals surface area contributed by atoms with Crippen molar-refractivity contribution < 1.29 is 9.53 Å². The predicted octanol–water partition coefficient (Wildman–Crippen LogP) is 1.76. The summed E-state index contributed by atoms with van der Waals surface area (Å²) in [4.78, 5) is 15.9. The number of hydrogen-bond acceptors (Lipinski definition) is 4. The van der Waals surface area contributed by atoms with Crippen molar-refractivity contribution in [3.63, 3.8) is 0 Å². The Hall–Kier alpha value is -2.85. The second-order valence-electron chi connectivity index (χ2n) is 5.93. The van der Waals surface area contributed by atoms with Crippen LogP contribution >= 0.6 is 0 Å². The molecule has 0 radical (unpaired) electrons. The minimum atomic E-state index is -0.306. The minimum Gasteiger partial charge on any atom is -0.379 e. The Labute approximate surface area is 146 Å². The van der Waals surface area contributed by atoms with Crippen LogP contribution in [0.2, 0.25) is 0 Å². The van der Waals surface area contributed by atoms with Crippen molar-refractivity contribution in [2.75, 3.05) is 25.1 Å². The average Bonchev–Trinajstić information content (AvgIpc) is 3.37. The number of urea groups is 1. The first-order valence-electron chi connectivity index (χ1n) is 8.29. The maximum absolute atomic E-state index is 11.9. The number of rotatable bonds is 6. The second-order valence-corrected chi connectivity index (χ2v) is 5.93. The summed E-state index contributed by atoms with van der Waals surface area (Å²) >= 11 is 0. The van der Waals surface area contributed by atoms with Gasteiger partial charge < -0.3 is 10.1 Å². The number of nitrogens with one attached hydrogen (secondary N) is 2. The molecule has 0 unspecified atom stereocenters. The fraction of sp³-hybridized carbons (Fsp3) is 0.389. The zero-order chi connectivity index (χ0) is 17.5. The van der Waals surface area contributed by atoms with Crippen molar-refractivity contribution in [3.05, 3.63) is 41.9 Å². The highest BCUT2D eigenvalue weighted by molar-refractivity contribution is 5.88. The SMILES string of the molecule is Cn1nc(NC(=O)NCCOCC2CC2)cc1C#Cc1cccnc1. The molecule has 0 aromatic carbocycles. The molecule has 1 saturated carbocycles. The van der Waals surface area contributed by atoms with E-state index in [-0.39, 0.29) is 6.03 Å². The Kier molecular flexibility index (Phi) is 5.65. The highest BCUT2D eigenvalue weighted by atomic mass is 16.5. The van der Waals surface area contributed by atoms with Crippen molar-refractivity contribution in [1.29, 1.82) is 0 Å². The minimum absolute atomic E-state index is 0.306. The van der Waals surface area contributed by atoms with Crippen LogP contribution in [0.1, 0.15) is 24.1 Å². The molecule has 1 fully saturated rings. The van der Waals surface area contributed by atoms with Gasteiger partial charge in [-0.05, 0) is 36.8 Å². The number of pyridine rings is 1. The Morgan fingerprint density at radius 1 is 1.44 bits per heavy atom. The summed E-state index contributed by atoms with van der Waals surface area (Å²) < 4.78 is 7.09. The molecule has 0 atom stereocenters. The number of ether oxygens (including phenoxy) is 1. The highest BCUT2D eigenvalue weighted by Crippen LogP contribution is 2.28. The molecule has 25 heavy (non-hydrogen) atoms. The molecule has 2 amide bonds. The lowest BCUT2D eigenvalue weighted by Crippen LogP contribution is -2.31. The molecular weight excluding hydrogens is 318 g/mol. The standard InChI is InChI=1S/C18H21N5O2/c1-23-16(7-6-14-3-2-8-19-12-14)11-17(22-23)21-18(24)20-9-10-25-13-15-4-5-15/h2-3,8,11-12,15H,4-5,9-10,13H2,1H3,(H2,20,21,22,24). The van der Waals surface area contributed by atoms with E-state index < -0.39 is 0 Å². The third-order valence-corrected chi connectivity index (χ3v) is 3.70. The lowest BCUT2D eigenvalue weighted by Gasteiger charge is -2.06. The summed E-state index contributed by atoms with van der Waals surface area (Å²) in [5.74, 6) is 7.21. The molecule has 2 heterocycles. The molecule has 3 rings (SSSR count). The quantitative estimate of drug-likeness (QED) is 0.621. The van der Waals surface area contributed by atoms with E-state index in [1.807, 2.05) is 12.1 Å². The van der Waals surface area contributed by atoms with Crippen molar-refractivity contribution >= 4 is 11.8 Å². The Morgan fingerprint density at radius 2 is 2.32 bits per heavy atom. The van der Waals surface area contributed by atoms with E-state index in [0.717, 1.165) is 18.1 Å². The summed E-state index contributed by atoms with van der Waals surface area (Å²) in [6, 6.07) is 5.14. The molecule has 7 heteroatoms. The van der Waals surface area contributed by atoms with Crippen molar-refractivity contribution in [2.24, 2.45) is 13.0 Å². The Balaban J connectivity index is 1.46. The van der Waals surface area contributed by atoms with Crippen LogP contribution in [0.15, 0.2) is 30.6 Å². The summed E-state index contributed by atoms with van der Waals surface area (Å²) in [5.41, 5.74) is 1.52. The van der Waals surface area contributed by atoms with Crippen molar-refractivity contribution in [1.82, 2.24) is 20.1 Å².